The van der Waals surface area contributed by atoms with Crippen LogP contribution in [0.15, 0.2) is 48.5 Å². The van der Waals surface area contributed by atoms with E-state index >= 15 is 0 Å². The fourth-order valence-electron chi connectivity index (χ4n) is 2.92. The van der Waals surface area contributed by atoms with Crippen LogP contribution in [0.1, 0.15) is 30.0 Å². The third-order valence-corrected chi connectivity index (χ3v) is 4.10. The normalized spacial score (nSPS) is 10.9. The highest BCUT2D eigenvalue weighted by Gasteiger charge is 2.20. The number of hydrogen-bond acceptors (Lipinski definition) is 2. The van der Waals surface area contributed by atoms with Crippen LogP contribution in [0, 0.1) is 13.8 Å². The number of rotatable bonds is 4. The maximum atomic E-state index is 10.7. The Morgan fingerprint density at radius 3 is 2.52 bits per heavy atom. The monoisotopic (exact) mass is 306 g/mol. The highest BCUT2D eigenvalue weighted by molar-refractivity contribution is 5.69. The third-order valence-electron chi connectivity index (χ3n) is 4.10. The van der Waals surface area contributed by atoms with E-state index in [9.17, 15) is 5.11 Å². The Morgan fingerprint density at radius 2 is 1.83 bits per heavy atom. The summed E-state index contributed by atoms with van der Waals surface area (Å²) in [4.78, 5) is 0. The van der Waals surface area contributed by atoms with E-state index in [4.69, 9.17) is 5.10 Å². The fraction of sp³-hybridized carbons (Fsp3) is 0.250. The second-order valence-corrected chi connectivity index (χ2v) is 5.97. The van der Waals surface area contributed by atoms with Gasteiger partial charge in [0, 0.05) is 11.1 Å². The average molecular weight is 306 g/mol. The Bertz CT molecular complexity index is 833. The molecule has 0 aliphatic heterocycles. The summed E-state index contributed by atoms with van der Waals surface area (Å²) in [5, 5.41) is 15.5. The van der Waals surface area contributed by atoms with Crippen molar-refractivity contribution in [3.05, 3.63) is 65.2 Å². The highest BCUT2D eigenvalue weighted by atomic mass is 16.3. The SMILES string of the molecule is CCCc1c(-c2ccccc2C)nn(-c2cccc(C)c2)c1O. The lowest BCUT2D eigenvalue weighted by atomic mass is 10.0. The molecule has 1 N–H and O–H groups in total. The van der Waals surface area contributed by atoms with Crippen LogP contribution in [0.5, 0.6) is 5.88 Å². The van der Waals surface area contributed by atoms with E-state index in [2.05, 4.69) is 26.0 Å². The molecule has 118 valence electrons. The van der Waals surface area contributed by atoms with Crippen molar-refractivity contribution in [2.45, 2.75) is 33.6 Å². The summed E-state index contributed by atoms with van der Waals surface area (Å²) in [6.45, 7) is 6.23. The molecular weight excluding hydrogens is 284 g/mol. The van der Waals surface area contributed by atoms with Crippen molar-refractivity contribution in [3.8, 4) is 22.8 Å². The summed E-state index contributed by atoms with van der Waals surface area (Å²) in [7, 11) is 0. The van der Waals surface area contributed by atoms with Gasteiger partial charge in [-0.2, -0.15) is 5.10 Å². The predicted molar refractivity (Wildman–Crippen MR) is 94.1 cm³/mol. The maximum absolute atomic E-state index is 10.7. The van der Waals surface area contributed by atoms with Gasteiger partial charge in [0.25, 0.3) is 0 Å². The quantitative estimate of drug-likeness (QED) is 0.751. The molecule has 0 saturated heterocycles. The average Bonchev–Trinajstić information content (AvgIpc) is 2.86. The van der Waals surface area contributed by atoms with E-state index in [0.717, 1.165) is 40.9 Å². The molecule has 0 unspecified atom stereocenters. The van der Waals surface area contributed by atoms with Gasteiger partial charge in [-0.25, -0.2) is 4.68 Å². The van der Waals surface area contributed by atoms with Gasteiger partial charge in [0.1, 0.15) is 5.69 Å². The van der Waals surface area contributed by atoms with Gasteiger partial charge in [-0.05, 0) is 43.5 Å². The molecule has 0 amide bonds. The molecule has 3 heteroatoms. The molecule has 0 fully saturated rings. The lowest BCUT2D eigenvalue weighted by Gasteiger charge is -2.04. The maximum Gasteiger partial charge on any atom is 0.218 e. The molecule has 0 bridgehead atoms. The second-order valence-electron chi connectivity index (χ2n) is 5.97. The van der Waals surface area contributed by atoms with Gasteiger partial charge in [-0.15, -0.1) is 0 Å². The first kappa shape index (κ1) is 15.3. The van der Waals surface area contributed by atoms with Crippen LogP contribution in [0.2, 0.25) is 0 Å². The standard InChI is InChI=1S/C20H22N2O/c1-4-8-18-19(17-12-6-5-10-15(17)3)21-22(20(18)23)16-11-7-9-14(2)13-16/h5-7,9-13,23H,4,8H2,1-3H3. The van der Waals surface area contributed by atoms with E-state index in [0.29, 0.717) is 0 Å². The Labute approximate surface area is 137 Å². The number of aryl methyl sites for hydroxylation is 2. The Hall–Kier alpha value is -2.55. The molecule has 1 heterocycles. The largest absolute Gasteiger partial charge is 0.493 e. The highest BCUT2D eigenvalue weighted by Crippen LogP contribution is 2.34. The fourth-order valence-corrected chi connectivity index (χ4v) is 2.92. The van der Waals surface area contributed by atoms with Gasteiger partial charge in [-0.1, -0.05) is 49.7 Å². The lowest BCUT2D eigenvalue weighted by molar-refractivity contribution is 0.427. The van der Waals surface area contributed by atoms with Gasteiger partial charge in [-0.3, -0.25) is 0 Å². The number of aromatic nitrogens is 2. The van der Waals surface area contributed by atoms with E-state index in [-0.39, 0.29) is 5.88 Å². The minimum absolute atomic E-state index is 0.246. The van der Waals surface area contributed by atoms with E-state index < -0.39 is 0 Å². The van der Waals surface area contributed by atoms with Crippen molar-refractivity contribution < 1.29 is 5.11 Å². The molecule has 3 nitrogen and oxygen atoms in total. The molecule has 0 spiro atoms. The summed E-state index contributed by atoms with van der Waals surface area (Å²) in [5.41, 5.74) is 6.08. The summed E-state index contributed by atoms with van der Waals surface area (Å²) < 4.78 is 1.65. The third kappa shape index (κ3) is 2.87. The molecule has 0 atom stereocenters. The molecule has 0 aliphatic carbocycles. The minimum Gasteiger partial charge on any atom is -0.493 e. The van der Waals surface area contributed by atoms with Gasteiger partial charge < -0.3 is 5.11 Å². The molecule has 0 aliphatic rings. The van der Waals surface area contributed by atoms with Gasteiger partial charge in [0.05, 0.1) is 5.69 Å². The van der Waals surface area contributed by atoms with Crippen LogP contribution in [0.3, 0.4) is 0 Å². The second kappa shape index (κ2) is 6.29. The van der Waals surface area contributed by atoms with Crippen molar-refractivity contribution >= 4 is 0 Å². The Balaban J connectivity index is 2.21. The molecule has 3 aromatic rings. The van der Waals surface area contributed by atoms with Crippen molar-refractivity contribution in [2.75, 3.05) is 0 Å². The molecule has 23 heavy (non-hydrogen) atoms. The molecule has 0 saturated carbocycles. The minimum atomic E-state index is 0.246. The van der Waals surface area contributed by atoms with Crippen LogP contribution in [-0.2, 0) is 6.42 Å². The zero-order valence-electron chi connectivity index (χ0n) is 13.9. The number of benzene rings is 2. The summed E-state index contributed by atoms with van der Waals surface area (Å²) in [6.07, 6.45) is 1.77. The molecule has 3 rings (SSSR count). The molecule has 2 aromatic carbocycles. The van der Waals surface area contributed by atoms with Crippen molar-refractivity contribution in [1.29, 1.82) is 0 Å². The molecule has 1 aromatic heterocycles. The van der Waals surface area contributed by atoms with Crippen LogP contribution >= 0.6 is 0 Å². The summed E-state index contributed by atoms with van der Waals surface area (Å²) in [6, 6.07) is 16.2. The van der Waals surface area contributed by atoms with Crippen molar-refractivity contribution in [2.24, 2.45) is 0 Å². The van der Waals surface area contributed by atoms with Crippen LogP contribution in [0.4, 0.5) is 0 Å². The predicted octanol–water partition coefficient (Wildman–Crippen LogP) is 4.81. The van der Waals surface area contributed by atoms with E-state index in [1.807, 2.05) is 43.3 Å². The first-order valence-electron chi connectivity index (χ1n) is 8.05. The zero-order valence-corrected chi connectivity index (χ0v) is 13.9. The number of aromatic hydroxyl groups is 1. The smallest absolute Gasteiger partial charge is 0.218 e. The molecular formula is C20H22N2O. The van der Waals surface area contributed by atoms with Gasteiger partial charge in [0.15, 0.2) is 0 Å². The zero-order chi connectivity index (χ0) is 16.4. The number of nitrogens with zero attached hydrogens (tertiary/aromatic N) is 2. The van der Waals surface area contributed by atoms with Crippen molar-refractivity contribution in [3.63, 3.8) is 0 Å². The van der Waals surface area contributed by atoms with Crippen LogP contribution in [-0.4, -0.2) is 14.9 Å². The Morgan fingerprint density at radius 1 is 1.04 bits per heavy atom. The van der Waals surface area contributed by atoms with Crippen molar-refractivity contribution in [1.82, 2.24) is 9.78 Å². The van der Waals surface area contributed by atoms with Crippen LogP contribution in [0.25, 0.3) is 16.9 Å². The Kier molecular flexibility index (Phi) is 4.20. The van der Waals surface area contributed by atoms with E-state index in [1.165, 1.54) is 5.56 Å². The first-order chi connectivity index (χ1) is 11.1. The number of hydrogen-bond donors (Lipinski definition) is 1. The first-order valence-corrected chi connectivity index (χ1v) is 8.05. The lowest BCUT2D eigenvalue weighted by Crippen LogP contribution is -1.96. The summed E-state index contributed by atoms with van der Waals surface area (Å²) >= 11 is 0. The van der Waals surface area contributed by atoms with Gasteiger partial charge >= 0.3 is 0 Å². The van der Waals surface area contributed by atoms with E-state index in [1.54, 1.807) is 4.68 Å². The van der Waals surface area contributed by atoms with Gasteiger partial charge in [0.2, 0.25) is 5.88 Å². The topological polar surface area (TPSA) is 38.0 Å². The summed E-state index contributed by atoms with van der Waals surface area (Å²) in [5.74, 6) is 0.246. The molecule has 0 radical (unpaired) electrons. The van der Waals surface area contributed by atoms with Crippen LogP contribution < -0.4 is 0 Å².